The molecular formula is C26H27N3O3. The molecule has 0 saturated carbocycles. The van der Waals surface area contributed by atoms with Crippen molar-refractivity contribution in [2.24, 2.45) is 0 Å². The Morgan fingerprint density at radius 2 is 1.88 bits per heavy atom. The third-order valence-electron chi connectivity index (χ3n) is 5.60. The van der Waals surface area contributed by atoms with Crippen molar-refractivity contribution < 1.29 is 14.0 Å². The average molecular weight is 430 g/mol. The zero-order valence-electron chi connectivity index (χ0n) is 18.4. The lowest BCUT2D eigenvalue weighted by atomic mass is 10.1. The van der Waals surface area contributed by atoms with Crippen molar-refractivity contribution in [2.75, 3.05) is 30.3 Å². The summed E-state index contributed by atoms with van der Waals surface area (Å²) in [5.41, 5.74) is 3.83. The molecular weight excluding hydrogens is 402 g/mol. The molecule has 2 heterocycles. The van der Waals surface area contributed by atoms with Crippen LogP contribution in [0.1, 0.15) is 31.6 Å². The molecule has 3 aromatic rings. The van der Waals surface area contributed by atoms with E-state index in [1.807, 2.05) is 60.7 Å². The van der Waals surface area contributed by atoms with Gasteiger partial charge in [0.15, 0.2) is 0 Å². The molecule has 32 heavy (non-hydrogen) atoms. The summed E-state index contributed by atoms with van der Waals surface area (Å²) >= 11 is 0. The first-order valence-corrected chi connectivity index (χ1v) is 10.9. The molecule has 2 amide bonds. The van der Waals surface area contributed by atoms with E-state index in [0.29, 0.717) is 23.5 Å². The molecule has 0 unspecified atom stereocenters. The van der Waals surface area contributed by atoms with E-state index >= 15 is 0 Å². The van der Waals surface area contributed by atoms with E-state index in [9.17, 15) is 9.59 Å². The van der Waals surface area contributed by atoms with Crippen molar-refractivity contribution in [3.63, 3.8) is 0 Å². The summed E-state index contributed by atoms with van der Waals surface area (Å²) in [6.45, 7) is 6.80. The van der Waals surface area contributed by atoms with E-state index in [2.05, 4.69) is 29.4 Å². The number of amides is 2. The van der Waals surface area contributed by atoms with Crippen LogP contribution in [-0.2, 0) is 9.59 Å². The highest BCUT2D eigenvalue weighted by Crippen LogP contribution is 2.34. The van der Waals surface area contributed by atoms with Crippen molar-refractivity contribution in [1.29, 1.82) is 0 Å². The third-order valence-corrected chi connectivity index (χ3v) is 5.60. The van der Waals surface area contributed by atoms with Gasteiger partial charge in [0.05, 0.1) is 5.57 Å². The fourth-order valence-corrected chi connectivity index (χ4v) is 3.78. The molecule has 4 rings (SSSR count). The van der Waals surface area contributed by atoms with Crippen molar-refractivity contribution in [3.8, 4) is 11.3 Å². The summed E-state index contributed by atoms with van der Waals surface area (Å²) in [4.78, 5) is 26.9. The Morgan fingerprint density at radius 3 is 2.69 bits per heavy atom. The topological polar surface area (TPSA) is 74.6 Å². The number of carbonyl (C=O) groups excluding carboxylic acids is 2. The van der Waals surface area contributed by atoms with Gasteiger partial charge in [0.1, 0.15) is 11.5 Å². The van der Waals surface area contributed by atoms with E-state index in [1.54, 1.807) is 6.08 Å². The van der Waals surface area contributed by atoms with E-state index in [1.165, 1.54) is 0 Å². The SMILES string of the molecule is CCN(CC)CCC(=O)Nc1cccc(-c2ccc(C=C3C(=O)Nc4ccccc43)o2)c1. The number of fused-ring (bicyclic) bond motifs is 1. The first-order chi connectivity index (χ1) is 15.6. The molecule has 0 saturated heterocycles. The first kappa shape index (κ1) is 21.6. The minimum atomic E-state index is -0.140. The van der Waals surface area contributed by atoms with Crippen LogP contribution in [0.4, 0.5) is 11.4 Å². The van der Waals surface area contributed by atoms with E-state index in [4.69, 9.17) is 4.42 Å². The fourth-order valence-electron chi connectivity index (χ4n) is 3.78. The summed E-state index contributed by atoms with van der Waals surface area (Å²) < 4.78 is 5.99. The molecule has 6 heteroatoms. The van der Waals surface area contributed by atoms with Crippen LogP contribution in [0.25, 0.3) is 23.0 Å². The first-order valence-electron chi connectivity index (χ1n) is 10.9. The maximum absolute atomic E-state index is 12.3. The number of nitrogens with one attached hydrogen (secondary N) is 2. The molecule has 1 aliphatic heterocycles. The van der Waals surface area contributed by atoms with E-state index in [0.717, 1.165) is 42.1 Å². The minimum absolute atomic E-state index is 0.00942. The largest absolute Gasteiger partial charge is 0.457 e. The molecule has 2 aromatic carbocycles. The Kier molecular flexibility index (Phi) is 6.52. The highest BCUT2D eigenvalue weighted by Gasteiger charge is 2.23. The maximum Gasteiger partial charge on any atom is 0.256 e. The Labute approximate surface area is 187 Å². The minimum Gasteiger partial charge on any atom is -0.457 e. The van der Waals surface area contributed by atoms with Crippen LogP contribution >= 0.6 is 0 Å². The van der Waals surface area contributed by atoms with Gasteiger partial charge in [0.25, 0.3) is 5.91 Å². The number of para-hydroxylation sites is 1. The second kappa shape index (κ2) is 9.66. The van der Waals surface area contributed by atoms with Crippen molar-refractivity contribution in [1.82, 2.24) is 4.90 Å². The summed E-state index contributed by atoms with van der Waals surface area (Å²) in [5.74, 6) is 1.11. The van der Waals surface area contributed by atoms with Crippen LogP contribution in [0, 0.1) is 0 Å². The standard InChI is InChI=1S/C26H27N3O3/c1-3-29(4-2)15-14-25(30)27-19-9-7-8-18(16-19)24-13-12-20(32-24)17-22-21-10-5-6-11-23(21)28-26(22)31/h5-13,16-17H,3-4,14-15H2,1-2H3,(H,27,30)(H,28,31). The van der Waals surface area contributed by atoms with E-state index < -0.39 is 0 Å². The van der Waals surface area contributed by atoms with Crippen LogP contribution in [0.5, 0.6) is 0 Å². The summed E-state index contributed by atoms with van der Waals surface area (Å²) in [6, 6.07) is 18.9. The van der Waals surface area contributed by atoms with Crippen LogP contribution in [0.15, 0.2) is 65.1 Å². The Bertz CT molecular complexity index is 1160. The average Bonchev–Trinajstić information content (AvgIpc) is 3.39. The van der Waals surface area contributed by atoms with Crippen molar-refractivity contribution >= 4 is 34.8 Å². The summed E-state index contributed by atoms with van der Waals surface area (Å²) in [5, 5.41) is 5.83. The summed E-state index contributed by atoms with van der Waals surface area (Å²) in [7, 11) is 0. The molecule has 1 aliphatic rings. The van der Waals surface area contributed by atoms with Crippen LogP contribution in [0.3, 0.4) is 0 Å². The Morgan fingerprint density at radius 1 is 1.06 bits per heavy atom. The number of hydrogen-bond donors (Lipinski definition) is 2. The monoisotopic (exact) mass is 429 g/mol. The highest BCUT2D eigenvalue weighted by atomic mass is 16.3. The number of nitrogens with zero attached hydrogens (tertiary/aromatic N) is 1. The van der Waals surface area contributed by atoms with Gasteiger partial charge in [-0.25, -0.2) is 0 Å². The molecule has 0 aliphatic carbocycles. The van der Waals surface area contributed by atoms with Crippen LogP contribution in [0.2, 0.25) is 0 Å². The van der Waals surface area contributed by atoms with Gasteiger partial charge in [-0.2, -0.15) is 0 Å². The number of hydrogen-bond acceptors (Lipinski definition) is 4. The van der Waals surface area contributed by atoms with Gasteiger partial charge >= 0.3 is 0 Å². The number of anilines is 2. The second-order valence-electron chi connectivity index (χ2n) is 7.67. The highest BCUT2D eigenvalue weighted by molar-refractivity contribution is 6.34. The smallest absolute Gasteiger partial charge is 0.256 e. The quantitative estimate of drug-likeness (QED) is 0.488. The van der Waals surface area contributed by atoms with Crippen LogP contribution in [-0.4, -0.2) is 36.3 Å². The zero-order valence-corrected chi connectivity index (χ0v) is 18.4. The van der Waals surface area contributed by atoms with Gasteiger partial charge in [0.2, 0.25) is 5.91 Å². The molecule has 0 radical (unpaired) electrons. The van der Waals surface area contributed by atoms with Gasteiger partial charge in [0, 0.05) is 35.5 Å². The molecule has 6 nitrogen and oxygen atoms in total. The zero-order chi connectivity index (χ0) is 22.5. The lowest BCUT2D eigenvalue weighted by Crippen LogP contribution is -2.27. The third kappa shape index (κ3) is 4.81. The van der Waals surface area contributed by atoms with E-state index in [-0.39, 0.29) is 11.8 Å². The molecule has 164 valence electrons. The molecule has 0 atom stereocenters. The van der Waals surface area contributed by atoms with Crippen molar-refractivity contribution in [3.05, 3.63) is 72.0 Å². The predicted molar refractivity (Wildman–Crippen MR) is 128 cm³/mol. The molecule has 0 fully saturated rings. The number of carbonyl (C=O) groups is 2. The predicted octanol–water partition coefficient (Wildman–Crippen LogP) is 5.11. The Hall–Kier alpha value is -3.64. The summed E-state index contributed by atoms with van der Waals surface area (Å²) in [6.07, 6.45) is 2.21. The van der Waals surface area contributed by atoms with Gasteiger partial charge < -0.3 is 20.0 Å². The number of benzene rings is 2. The van der Waals surface area contributed by atoms with Crippen molar-refractivity contribution in [2.45, 2.75) is 20.3 Å². The van der Waals surface area contributed by atoms with Crippen LogP contribution < -0.4 is 10.6 Å². The molecule has 2 N–H and O–H groups in total. The molecule has 0 spiro atoms. The lowest BCUT2D eigenvalue weighted by Gasteiger charge is -2.17. The molecule has 1 aromatic heterocycles. The number of rotatable bonds is 8. The van der Waals surface area contributed by atoms with Gasteiger partial charge in [-0.05, 0) is 49.5 Å². The lowest BCUT2D eigenvalue weighted by molar-refractivity contribution is -0.116. The normalized spacial score (nSPS) is 14.0. The van der Waals surface area contributed by atoms with Gasteiger partial charge in [-0.3, -0.25) is 9.59 Å². The molecule has 0 bridgehead atoms. The fraction of sp³-hybridized carbons (Fsp3) is 0.231. The Balaban J connectivity index is 1.47. The van der Waals surface area contributed by atoms with Gasteiger partial charge in [-0.15, -0.1) is 0 Å². The second-order valence-corrected chi connectivity index (χ2v) is 7.67. The number of furan rings is 1. The van der Waals surface area contributed by atoms with Gasteiger partial charge in [-0.1, -0.05) is 44.2 Å². The maximum atomic E-state index is 12.3.